The van der Waals surface area contributed by atoms with E-state index in [1.165, 1.54) is 35.5 Å². The van der Waals surface area contributed by atoms with E-state index in [9.17, 15) is 18.0 Å². The maximum Gasteiger partial charge on any atom is 0.317 e. The lowest BCUT2D eigenvalue weighted by Crippen LogP contribution is -2.44. The maximum absolute atomic E-state index is 12.8. The van der Waals surface area contributed by atoms with E-state index in [0.29, 0.717) is 31.6 Å². The van der Waals surface area contributed by atoms with Crippen molar-refractivity contribution in [1.82, 2.24) is 14.5 Å². The molecule has 2 rings (SSSR count). The van der Waals surface area contributed by atoms with Crippen LogP contribution in [0.4, 0.5) is 4.79 Å². The van der Waals surface area contributed by atoms with Crippen LogP contribution in [0, 0.1) is 0 Å². The van der Waals surface area contributed by atoms with Crippen LogP contribution in [0.1, 0.15) is 37.6 Å². The molecular weight excluding hydrogens is 342 g/mol. The molecule has 0 aliphatic carbocycles. The summed E-state index contributed by atoms with van der Waals surface area (Å²) < 4.78 is 27.0. The first-order valence-corrected chi connectivity index (χ1v) is 9.82. The van der Waals surface area contributed by atoms with E-state index in [4.69, 9.17) is 0 Å². The van der Waals surface area contributed by atoms with Gasteiger partial charge in [0.25, 0.3) is 0 Å². The van der Waals surface area contributed by atoms with Gasteiger partial charge >= 0.3 is 6.03 Å². The first kappa shape index (κ1) is 19.4. The number of hydrogen-bond acceptors (Lipinski definition) is 4. The summed E-state index contributed by atoms with van der Waals surface area (Å²) in [7, 11) is -3.64. The molecule has 1 saturated heterocycles. The summed E-state index contributed by atoms with van der Waals surface area (Å²) in [6.07, 6.45) is 0.580. The molecule has 1 aromatic rings. The van der Waals surface area contributed by atoms with Gasteiger partial charge < -0.3 is 10.2 Å². The molecule has 1 aromatic carbocycles. The van der Waals surface area contributed by atoms with Gasteiger partial charge in [-0.25, -0.2) is 13.2 Å². The minimum absolute atomic E-state index is 0.0374. The highest BCUT2D eigenvalue weighted by Gasteiger charge is 2.28. The highest BCUT2D eigenvalue weighted by Crippen LogP contribution is 2.18. The Bertz CT molecular complexity index is 729. The second-order valence-corrected chi connectivity index (χ2v) is 8.37. The Balaban J connectivity index is 2.10. The molecule has 7 nitrogen and oxygen atoms in total. The number of ketones is 1. The van der Waals surface area contributed by atoms with E-state index in [1.54, 1.807) is 4.90 Å². The van der Waals surface area contributed by atoms with Crippen molar-refractivity contribution < 1.29 is 18.0 Å². The van der Waals surface area contributed by atoms with Gasteiger partial charge in [0.15, 0.2) is 5.78 Å². The van der Waals surface area contributed by atoms with Crippen LogP contribution in [0.25, 0.3) is 0 Å². The predicted octanol–water partition coefficient (Wildman–Crippen LogP) is 1.70. The SMILES string of the molecule is CC(=O)c1ccc(S(=O)(=O)N2CCCN(C(=O)NC(C)C)CC2)cc1. The smallest absolute Gasteiger partial charge is 0.317 e. The number of rotatable bonds is 4. The van der Waals surface area contributed by atoms with E-state index in [0.717, 1.165) is 0 Å². The van der Waals surface area contributed by atoms with E-state index in [1.807, 2.05) is 13.8 Å². The number of nitrogens with zero attached hydrogens (tertiary/aromatic N) is 2. The molecular formula is C17H25N3O4S. The van der Waals surface area contributed by atoms with Crippen molar-refractivity contribution >= 4 is 21.8 Å². The first-order valence-electron chi connectivity index (χ1n) is 8.38. The third-order valence-electron chi connectivity index (χ3n) is 4.05. The lowest BCUT2D eigenvalue weighted by Gasteiger charge is -2.23. The zero-order valence-electron chi connectivity index (χ0n) is 14.9. The Morgan fingerprint density at radius 3 is 2.24 bits per heavy atom. The maximum atomic E-state index is 12.8. The zero-order chi connectivity index (χ0) is 18.6. The molecule has 0 spiro atoms. The number of benzene rings is 1. The fourth-order valence-electron chi connectivity index (χ4n) is 2.69. The van der Waals surface area contributed by atoms with Gasteiger partial charge in [-0.05, 0) is 39.3 Å². The van der Waals surface area contributed by atoms with E-state index >= 15 is 0 Å². The van der Waals surface area contributed by atoms with Crippen molar-refractivity contribution in [2.45, 2.75) is 38.1 Å². The summed E-state index contributed by atoms with van der Waals surface area (Å²) in [4.78, 5) is 25.2. The monoisotopic (exact) mass is 367 g/mol. The number of carbonyl (C=O) groups is 2. The molecule has 0 aromatic heterocycles. The second kappa shape index (κ2) is 7.97. The third kappa shape index (κ3) is 4.79. The van der Waals surface area contributed by atoms with Gasteiger partial charge in [0, 0.05) is 37.8 Å². The Morgan fingerprint density at radius 1 is 1.04 bits per heavy atom. The van der Waals surface area contributed by atoms with Crippen LogP contribution in [0.15, 0.2) is 29.2 Å². The summed E-state index contributed by atoms with van der Waals surface area (Å²) >= 11 is 0. The summed E-state index contributed by atoms with van der Waals surface area (Å²) in [5.74, 6) is -0.106. The van der Waals surface area contributed by atoms with Crippen molar-refractivity contribution in [1.29, 1.82) is 0 Å². The summed E-state index contributed by atoms with van der Waals surface area (Å²) in [5.41, 5.74) is 0.478. The largest absolute Gasteiger partial charge is 0.336 e. The molecule has 2 amide bonds. The topological polar surface area (TPSA) is 86.8 Å². The van der Waals surface area contributed by atoms with Crippen LogP contribution in [0.2, 0.25) is 0 Å². The fourth-order valence-corrected chi connectivity index (χ4v) is 4.16. The first-order chi connectivity index (χ1) is 11.7. The van der Waals surface area contributed by atoms with Gasteiger partial charge in [0.05, 0.1) is 4.90 Å². The van der Waals surface area contributed by atoms with Gasteiger partial charge in [-0.3, -0.25) is 4.79 Å². The normalized spacial score (nSPS) is 16.6. The van der Waals surface area contributed by atoms with Crippen molar-refractivity contribution in [3.63, 3.8) is 0 Å². The second-order valence-electron chi connectivity index (χ2n) is 6.43. The van der Waals surface area contributed by atoms with Gasteiger partial charge in [-0.15, -0.1) is 0 Å². The summed E-state index contributed by atoms with van der Waals surface area (Å²) in [6, 6.07) is 5.83. The summed E-state index contributed by atoms with van der Waals surface area (Å²) in [6.45, 7) is 6.70. The number of Topliss-reactive ketones (excluding diaryl/α,β-unsaturated/α-hetero) is 1. The Hall–Kier alpha value is -1.93. The molecule has 25 heavy (non-hydrogen) atoms. The molecule has 138 valence electrons. The summed E-state index contributed by atoms with van der Waals surface area (Å²) in [5, 5.41) is 2.83. The average Bonchev–Trinajstić information content (AvgIpc) is 2.81. The Labute approximate surface area is 149 Å². The molecule has 0 unspecified atom stereocenters. The molecule has 8 heteroatoms. The standard InChI is InChI=1S/C17H25N3O4S/c1-13(2)18-17(22)19-9-4-10-20(12-11-19)25(23,24)16-7-5-15(6-8-16)14(3)21/h5-8,13H,4,9-12H2,1-3H3,(H,18,22). The number of carbonyl (C=O) groups excluding carboxylic acids is 2. The third-order valence-corrected chi connectivity index (χ3v) is 5.97. The molecule has 1 N–H and O–H groups in total. The molecule has 0 radical (unpaired) electrons. The highest BCUT2D eigenvalue weighted by molar-refractivity contribution is 7.89. The van der Waals surface area contributed by atoms with Crippen LogP contribution < -0.4 is 5.32 Å². The zero-order valence-corrected chi connectivity index (χ0v) is 15.7. The minimum Gasteiger partial charge on any atom is -0.336 e. The predicted molar refractivity (Wildman–Crippen MR) is 95.1 cm³/mol. The van der Waals surface area contributed by atoms with Gasteiger partial charge in [0.2, 0.25) is 10.0 Å². The van der Waals surface area contributed by atoms with Crippen LogP contribution in [-0.2, 0) is 10.0 Å². The van der Waals surface area contributed by atoms with Crippen molar-refractivity contribution in [3.8, 4) is 0 Å². The van der Waals surface area contributed by atoms with Gasteiger partial charge in [-0.2, -0.15) is 4.31 Å². The molecule has 1 fully saturated rings. The van der Waals surface area contributed by atoms with Crippen molar-refractivity contribution in [3.05, 3.63) is 29.8 Å². The molecule has 1 heterocycles. The Morgan fingerprint density at radius 2 is 1.68 bits per heavy atom. The van der Waals surface area contributed by atoms with Gasteiger partial charge in [-0.1, -0.05) is 12.1 Å². The van der Waals surface area contributed by atoms with E-state index < -0.39 is 10.0 Å². The number of amides is 2. The van der Waals surface area contributed by atoms with Gasteiger partial charge in [0.1, 0.15) is 0 Å². The molecule has 1 aliphatic rings. The van der Waals surface area contributed by atoms with Crippen LogP contribution >= 0.6 is 0 Å². The quantitative estimate of drug-likeness (QED) is 0.821. The molecule has 0 bridgehead atoms. The van der Waals surface area contributed by atoms with Crippen LogP contribution in [0.3, 0.4) is 0 Å². The Kier molecular flexibility index (Phi) is 6.18. The highest BCUT2D eigenvalue weighted by atomic mass is 32.2. The number of hydrogen-bond donors (Lipinski definition) is 1. The molecule has 1 aliphatic heterocycles. The number of sulfonamides is 1. The minimum atomic E-state index is -3.64. The lowest BCUT2D eigenvalue weighted by atomic mass is 10.2. The van der Waals surface area contributed by atoms with E-state index in [-0.39, 0.29) is 29.3 Å². The lowest BCUT2D eigenvalue weighted by molar-refractivity contribution is 0.101. The molecule has 0 atom stereocenters. The van der Waals surface area contributed by atoms with Crippen LogP contribution in [-0.4, -0.2) is 61.7 Å². The van der Waals surface area contributed by atoms with Crippen molar-refractivity contribution in [2.75, 3.05) is 26.2 Å². The fraction of sp³-hybridized carbons (Fsp3) is 0.529. The molecule has 0 saturated carbocycles. The van der Waals surface area contributed by atoms with E-state index in [2.05, 4.69) is 5.32 Å². The number of nitrogens with one attached hydrogen (secondary N) is 1. The number of urea groups is 1. The van der Waals surface area contributed by atoms with Crippen molar-refractivity contribution in [2.24, 2.45) is 0 Å². The van der Waals surface area contributed by atoms with Crippen LogP contribution in [0.5, 0.6) is 0 Å². The average molecular weight is 367 g/mol.